The van der Waals surface area contributed by atoms with Crippen LogP contribution in [0.25, 0.3) is 6.08 Å². The van der Waals surface area contributed by atoms with Crippen LogP contribution in [0.3, 0.4) is 0 Å². The van der Waals surface area contributed by atoms with E-state index in [2.05, 4.69) is 15.5 Å². The molecule has 3 rings (SSSR count). The molecule has 0 saturated heterocycles. The van der Waals surface area contributed by atoms with Crippen LogP contribution < -0.4 is 5.43 Å². The van der Waals surface area contributed by atoms with Crippen LogP contribution in [0.15, 0.2) is 22.9 Å². The van der Waals surface area contributed by atoms with Crippen molar-refractivity contribution >= 4 is 23.7 Å². The number of ether oxygens (including phenoxy) is 1. The average Bonchev–Trinajstić information content (AvgIpc) is 3.12. The van der Waals surface area contributed by atoms with Crippen molar-refractivity contribution in [1.82, 2.24) is 15.3 Å². The number of H-pyrrole nitrogens is 1. The van der Waals surface area contributed by atoms with E-state index >= 15 is 0 Å². The minimum atomic E-state index is -0.375. The molecule has 1 fully saturated rings. The van der Waals surface area contributed by atoms with Crippen molar-refractivity contribution in [3.63, 3.8) is 0 Å². The Balaban J connectivity index is 1.65. The molecule has 7 nitrogen and oxygen atoms in total. The van der Waals surface area contributed by atoms with Crippen LogP contribution in [0.4, 0.5) is 0 Å². The summed E-state index contributed by atoms with van der Waals surface area (Å²) in [5.74, 6) is 0.0709. The van der Waals surface area contributed by atoms with Crippen LogP contribution in [0.5, 0.6) is 0 Å². The van der Waals surface area contributed by atoms with Crippen LogP contribution >= 0.6 is 0 Å². The molecular formula is C17H22N4O3. The Morgan fingerprint density at radius 2 is 2.25 bits per heavy atom. The van der Waals surface area contributed by atoms with E-state index in [1.807, 2.05) is 19.0 Å². The van der Waals surface area contributed by atoms with Gasteiger partial charge in [-0.1, -0.05) is 0 Å². The summed E-state index contributed by atoms with van der Waals surface area (Å²) in [4.78, 5) is 28.9. The van der Waals surface area contributed by atoms with Crippen molar-refractivity contribution in [3.8, 4) is 0 Å². The van der Waals surface area contributed by atoms with Gasteiger partial charge in [0.15, 0.2) is 0 Å². The van der Waals surface area contributed by atoms with Crippen molar-refractivity contribution in [2.24, 2.45) is 11.0 Å². The Kier molecular flexibility index (Phi) is 4.80. The number of aromatic amines is 1. The van der Waals surface area contributed by atoms with Gasteiger partial charge in [0.2, 0.25) is 0 Å². The lowest BCUT2D eigenvalue weighted by Gasteiger charge is -2.09. The van der Waals surface area contributed by atoms with Crippen molar-refractivity contribution in [3.05, 3.63) is 29.1 Å². The number of hydrazone groups is 1. The lowest BCUT2D eigenvalue weighted by molar-refractivity contribution is -0.116. The number of esters is 1. The molecule has 7 heteroatoms. The molecular weight excluding hydrogens is 308 g/mol. The number of likely N-dealkylation sites (N-methyl/N-ethyl adjacent to an activating group) is 1. The zero-order valence-corrected chi connectivity index (χ0v) is 14.0. The van der Waals surface area contributed by atoms with Crippen LogP contribution in [0.2, 0.25) is 0 Å². The molecule has 2 N–H and O–H groups in total. The van der Waals surface area contributed by atoms with E-state index < -0.39 is 0 Å². The Morgan fingerprint density at radius 3 is 2.96 bits per heavy atom. The van der Waals surface area contributed by atoms with Crippen LogP contribution in [-0.4, -0.2) is 54.7 Å². The quantitative estimate of drug-likeness (QED) is 0.584. The normalized spacial score (nSPS) is 18.9. The molecule has 0 radical (unpaired) electrons. The zero-order valence-electron chi connectivity index (χ0n) is 14.0. The van der Waals surface area contributed by atoms with Crippen LogP contribution in [0.1, 0.15) is 35.3 Å². The Bertz CT molecular complexity index is 698. The van der Waals surface area contributed by atoms with E-state index in [-0.39, 0.29) is 11.9 Å². The fourth-order valence-electron chi connectivity index (χ4n) is 2.44. The standard InChI is InChI=1S/C17H22N4O3/c1-21(2)5-6-24-17(23)12-8-13(18-10-12)9-14-15(7-11-3-4-11)19-20-16(14)22/h8-11,18H,3-7H2,1-2H3,(H,20,22)/b14-9-. The Morgan fingerprint density at radius 1 is 1.46 bits per heavy atom. The molecule has 2 aliphatic rings. The number of amides is 1. The molecule has 1 aliphatic heterocycles. The molecule has 24 heavy (non-hydrogen) atoms. The van der Waals surface area contributed by atoms with Gasteiger partial charge in [-0.15, -0.1) is 0 Å². The number of carbonyl (C=O) groups excluding carboxylic acids is 2. The van der Waals surface area contributed by atoms with Crippen molar-refractivity contribution in [1.29, 1.82) is 0 Å². The van der Waals surface area contributed by atoms with Gasteiger partial charge in [-0.05, 0) is 51.4 Å². The van der Waals surface area contributed by atoms with Gasteiger partial charge in [0.1, 0.15) is 6.61 Å². The summed E-state index contributed by atoms with van der Waals surface area (Å²) >= 11 is 0. The summed E-state index contributed by atoms with van der Waals surface area (Å²) in [5.41, 5.74) is 5.01. The predicted octanol–water partition coefficient (Wildman–Crippen LogP) is 1.40. The summed E-state index contributed by atoms with van der Waals surface area (Å²) < 4.78 is 5.20. The SMILES string of the molecule is CN(C)CCOC(=O)c1c[nH]c(/C=C2\C(=O)NN=C2CC2CC2)c1. The monoisotopic (exact) mass is 330 g/mol. The van der Waals surface area contributed by atoms with E-state index in [0.717, 1.165) is 12.1 Å². The van der Waals surface area contributed by atoms with Crippen LogP contribution in [0, 0.1) is 5.92 Å². The second kappa shape index (κ2) is 7.00. The van der Waals surface area contributed by atoms with E-state index in [9.17, 15) is 9.59 Å². The molecule has 128 valence electrons. The smallest absolute Gasteiger partial charge is 0.339 e. The van der Waals surface area contributed by atoms with E-state index in [0.29, 0.717) is 35.9 Å². The topological polar surface area (TPSA) is 86.8 Å². The third-order valence-electron chi connectivity index (χ3n) is 4.04. The highest BCUT2D eigenvalue weighted by Gasteiger charge is 2.30. The summed E-state index contributed by atoms with van der Waals surface area (Å²) in [6.07, 6.45) is 6.55. The number of nitrogens with one attached hydrogen (secondary N) is 2. The number of hydrogen-bond acceptors (Lipinski definition) is 5. The molecule has 0 spiro atoms. The molecule has 2 heterocycles. The summed E-state index contributed by atoms with van der Waals surface area (Å²) in [7, 11) is 3.84. The van der Waals surface area contributed by atoms with Gasteiger partial charge in [-0.2, -0.15) is 5.10 Å². The summed E-state index contributed by atoms with van der Waals surface area (Å²) in [6, 6.07) is 1.69. The van der Waals surface area contributed by atoms with Gasteiger partial charge in [-0.3, -0.25) is 4.79 Å². The molecule has 0 atom stereocenters. The first kappa shape index (κ1) is 16.4. The molecule has 0 bridgehead atoms. The fourth-order valence-corrected chi connectivity index (χ4v) is 2.44. The molecule has 1 aromatic heterocycles. The van der Waals surface area contributed by atoms with Gasteiger partial charge in [0.25, 0.3) is 5.91 Å². The third kappa shape index (κ3) is 4.11. The number of hydrogen-bond donors (Lipinski definition) is 2. The largest absolute Gasteiger partial charge is 0.461 e. The molecule has 0 unspecified atom stereocenters. The van der Waals surface area contributed by atoms with Gasteiger partial charge in [-0.25, -0.2) is 10.2 Å². The lowest BCUT2D eigenvalue weighted by Crippen LogP contribution is -2.20. The first-order chi connectivity index (χ1) is 11.5. The van der Waals surface area contributed by atoms with Gasteiger partial charge >= 0.3 is 5.97 Å². The minimum absolute atomic E-state index is 0.199. The number of nitrogens with zero attached hydrogens (tertiary/aromatic N) is 2. The minimum Gasteiger partial charge on any atom is -0.461 e. The van der Waals surface area contributed by atoms with Crippen molar-refractivity contribution in [2.75, 3.05) is 27.2 Å². The second-order valence-electron chi connectivity index (χ2n) is 6.49. The fraction of sp³-hybridized carbons (Fsp3) is 0.471. The predicted molar refractivity (Wildman–Crippen MR) is 90.5 cm³/mol. The highest BCUT2D eigenvalue weighted by atomic mass is 16.5. The second-order valence-corrected chi connectivity index (χ2v) is 6.49. The Hall–Kier alpha value is -2.41. The third-order valence-corrected chi connectivity index (χ3v) is 4.04. The maximum Gasteiger partial charge on any atom is 0.339 e. The lowest BCUT2D eigenvalue weighted by atomic mass is 10.0. The number of aromatic nitrogens is 1. The van der Waals surface area contributed by atoms with E-state index in [4.69, 9.17) is 4.74 Å². The van der Waals surface area contributed by atoms with Crippen molar-refractivity contribution < 1.29 is 14.3 Å². The molecule has 0 aromatic carbocycles. The number of rotatable bonds is 7. The number of carbonyl (C=O) groups is 2. The van der Waals surface area contributed by atoms with Crippen LogP contribution in [-0.2, 0) is 9.53 Å². The van der Waals surface area contributed by atoms with E-state index in [1.54, 1.807) is 18.3 Å². The van der Waals surface area contributed by atoms with Gasteiger partial charge < -0.3 is 14.6 Å². The van der Waals surface area contributed by atoms with Gasteiger partial charge in [0.05, 0.1) is 16.8 Å². The molecule has 1 aromatic rings. The maximum atomic E-state index is 12.0. The molecule has 1 saturated carbocycles. The van der Waals surface area contributed by atoms with Gasteiger partial charge in [0, 0.05) is 18.4 Å². The summed E-state index contributed by atoms with van der Waals surface area (Å²) in [6.45, 7) is 1.02. The summed E-state index contributed by atoms with van der Waals surface area (Å²) in [5, 5.41) is 4.11. The highest BCUT2D eigenvalue weighted by molar-refractivity contribution is 6.27. The molecule has 1 amide bonds. The highest BCUT2D eigenvalue weighted by Crippen LogP contribution is 2.34. The first-order valence-electron chi connectivity index (χ1n) is 8.12. The Labute approximate surface area is 140 Å². The zero-order chi connectivity index (χ0) is 17.1. The van der Waals surface area contributed by atoms with E-state index in [1.165, 1.54) is 12.8 Å². The maximum absolute atomic E-state index is 12.0. The first-order valence-corrected chi connectivity index (χ1v) is 8.12. The van der Waals surface area contributed by atoms with Crippen molar-refractivity contribution in [2.45, 2.75) is 19.3 Å². The average molecular weight is 330 g/mol. The molecule has 1 aliphatic carbocycles.